The number of amides is 4. The van der Waals surface area contributed by atoms with Gasteiger partial charge in [0.05, 0.1) is 6.54 Å². The van der Waals surface area contributed by atoms with E-state index in [9.17, 15) is 38.4 Å². The third kappa shape index (κ3) is 12.5. The van der Waals surface area contributed by atoms with Gasteiger partial charge < -0.3 is 45.0 Å². The predicted octanol–water partition coefficient (Wildman–Crippen LogP) is -2.44. The summed E-state index contributed by atoms with van der Waals surface area (Å²) in [5.41, 5.74) is 2.58. The van der Waals surface area contributed by atoms with Crippen LogP contribution in [0.15, 0.2) is 36.5 Å². The van der Waals surface area contributed by atoms with Crippen molar-refractivity contribution in [1.82, 2.24) is 31.0 Å². The van der Waals surface area contributed by atoms with E-state index in [1.807, 2.05) is 22.9 Å². The number of aromatic nitrogens is 2. The Hall–Kier alpha value is -5.85. The number of rotatable bonds is 5. The molecule has 0 bridgehead atoms. The van der Waals surface area contributed by atoms with Crippen molar-refractivity contribution in [3.63, 3.8) is 0 Å². The molecule has 2 aliphatic heterocycles. The van der Waals surface area contributed by atoms with Crippen LogP contribution in [0.1, 0.15) is 36.6 Å². The standard InChI is InChI=1S/C33H40N6O13/c1-33(7-10-48-11-8-33)24-6-9-37-39(24)16-22-4-2-21(3-5-22)12-23-32(47)52-19-27(42)36-14-30(45)50-17-25(40)34-13-29(44)49-18-26(41)35-15-31(46)51-20-28(43)38-23/h2-6,9,23H,7-8,10-20H2,1H3,(H,34,40)(H,35,41)(H,36,42)(H,38,43). The number of carbonyl (C=O) groups is 8. The Kier molecular flexibility index (Phi) is 14.2. The number of nitrogens with one attached hydrogen (secondary N) is 4. The zero-order valence-electron chi connectivity index (χ0n) is 28.4. The number of nitrogens with zero attached hydrogens (tertiary/aromatic N) is 2. The Morgan fingerprint density at radius 2 is 1.15 bits per heavy atom. The van der Waals surface area contributed by atoms with Gasteiger partial charge in [-0.1, -0.05) is 31.2 Å². The van der Waals surface area contributed by atoms with E-state index in [-0.39, 0.29) is 11.8 Å². The van der Waals surface area contributed by atoms with Crippen LogP contribution < -0.4 is 21.3 Å². The van der Waals surface area contributed by atoms with E-state index in [2.05, 4.69) is 38.0 Å². The average molecular weight is 729 g/mol. The molecule has 4 N–H and O–H groups in total. The molecule has 1 unspecified atom stereocenters. The van der Waals surface area contributed by atoms with Crippen molar-refractivity contribution in [3.8, 4) is 0 Å². The molecule has 0 aliphatic carbocycles. The first-order chi connectivity index (χ1) is 24.9. The van der Waals surface area contributed by atoms with Gasteiger partial charge in [-0.2, -0.15) is 5.10 Å². The molecular formula is C33H40N6O13. The number of hydrogen-bond donors (Lipinski definition) is 4. The Morgan fingerprint density at radius 3 is 1.69 bits per heavy atom. The van der Waals surface area contributed by atoms with E-state index in [4.69, 9.17) is 18.9 Å². The van der Waals surface area contributed by atoms with Crippen molar-refractivity contribution in [2.75, 3.05) is 59.3 Å². The van der Waals surface area contributed by atoms with Crippen molar-refractivity contribution in [1.29, 1.82) is 0 Å². The van der Waals surface area contributed by atoms with Crippen molar-refractivity contribution in [2.45, 2.75) is 44.2 Å². The molecule has 4 amide bonds. The molecule has 1 aromatic carbocycles. The zero-order chi connectivity index (χ0) is 37.5. The molecule has 2 aromatic rings. The smallest absolute Gasteiger partial charge is 0.329 e. The minimum Gasteiger partial charge on any atom is -0.454 e. The highest BCUT2D eigenvalue weighted by molar-refractivity contribution is 5.90. The topological polar surface area (TPSA) is 249 Å². The minimum absolute atomic E-state index is 0.0659. The third-order valence-corrected chi connectivity index (χ3v) is 8.07. The molecule has 4 rings (SSSR count). The molecule has 3 heterocycles. The third-order valence-electron chi connectivity index (χ3n) is 8.07. The maximum atomic E-state index is 13.1. The molecule has 0 spiro atoms. The van der Waals surface area contributed by atoms with E-state index in [0.29, 0.717) is 25.3 Å². The maximum absolute atomic E-state index is 13.1. The van der Waals surface area contributed by atoms with Crippen LogP contribution in [0.3, 0.4) is 0 Å². The van der Waals surface area contributed by atoms with Gasteiger partial charge in [0, 0.05) is 36.9 Å². The fourth-order valence-electron chi connectivity index (χ4n) is 5.16. The molecule has 2 fully saturated rings. The molecule has 1 aromatic heterocycles. The minimum atomic E-state index is -1.33. The summed E-state index contributed by atoms with van der Waals surface area (Å²) < 4.78 is 26.8. The number of hydrogen-bond acceptors (Lipinski definition) is 14. The summed E-state index contributed by atoms with van der Waals surface area (Å²) in [6, 6.07) is 7.91. The summed E-state index contributed by atoms with van der Waals surface area (Å²) in [4.78, 5) is 97.5. The highest BCUT2D eigenvalue weighted by Crippen LogP contribution is 2.34. The van der Waals surface area contributed by atoms with Crippen LogP contribution >= 0.6 is 0 Å². The fourth-order valence-corrected chi connectivity index (χ4v) is 5.16. The van der Waals surface area contributed by atoms with Crippen molar-refractivity contribution >= 4 is 47.5 Å². The molecule has 2 saturated heterocycles. The van der Waals surface area contributed by atoms with Gasteiger partial charge in [-0.05, 0) is 30.0 Å². The first-order valence-electron chi connectivity index (χ1n) is 16.3. The molecule has 19 nitrogen and oxygen atoms in total. The van der Waals surface area contributed by atoms with Gasteiger partial charge in [-0.25, -0.2) is 4.79 Å². The Morgan fingerprint density at radius 1 is 0.673 bits per heavy atom. The Labute approximate surface area is 297 Å². The number of benzene rings is 1. The molecule has 280 valence electrons. The predicted molar refractivity (Wildman–Crippen MR) is 174 cm³/mol. The van der Waals surface area contributed by atoms with Crippen molar-refractivity contribution in [2.24, 2.45) is 0 Å². The lowest BCUT2D eigenvalue weighted by Gasteiger charge is -2.34. The second-order valence-corrected chi connectivity index (χ2v) is 12.1. The van der Waals surface area contributed by atoms with Gasteiger partial charge in [0.1, 0.15) is 25.7 Å². The molecular weight excluding hydrogens is 688 g/mol. The summed E-state index contributed by atoms with van der Waals surface area (Å²) in [6.45, 7) is -1.19. The number of cyclic esters (lactones) is 4. The van der Waals surface area contributed by atoms with E-state index in [1.54, 1.807) is 18.3 Å². The Balaban J connectivity index is 1.40. The van der Waals surface area contributed by atoms with Crippen LogP contribution in [0.4, 0.5) is 0 Å². The van der Waals surface area contributed by atoms with E-state index in [0.717, 1.165) is 24.1 Å². The molecule has 1 atom stereocenters. The highest BCUT2D eigenvalue weighted by atomic mass is 16.6. The van der Waals surface area contributed by atoms with Gasteiger partial charge in [0.2, 0.25) is 0 Å². The molecule has 2 aliphatic rings. The Bertz CT molecular complexity index is 1630. The van der Waals surface area contributed by atoms with E-state index < -0.39 is 99.6 Å². The summed E-state index contributed by atoms with van der Waals surface area (Å²) in [7, 11) is 0. The fraction of sp³-hybridized carbons (Fsp3) is 0.485. The molecule has 0 radical (unpaired) electrons. The normalized spacial score (nSPS) is 20.8. The van der Waals surface area contributed by atoms with Crippen LogP contribution in [0.25, 0.3) is 0 Å². The van der Waals surface area contributed by atoms with Crippen LogP contribution in [0.5, 0.6) is 0 Å². The number of esters is 4. The quantitative estimate of drug-likeness (QED) is 0.185. The average Bonchev–Trinajstić information content (AvgIpc) is 3.61. The van der Waals surface area contributed by atoms with Gasteiger partial charge in [-0.3, -0.25) is 38.2 Å². The maximum Gasteiger partial charge on any atom is 0.329 e. The van der Waals surface area contributed by atoms with Crippen LogP contribution in [0.2, 0.25) is 0 Å². The van der Waals surface area contributed by atoms with E-state index >= 15 is 0 Å². The summed E-state index contributed by atoms with van der Waals surface area (Å²) in [5, 5.41) is 13.3. The van der Waals surface area contributed by atoms with Crippen LogP contribution in [-0.4, -0.2) is 123 Å². The first kappa shape index (κ1) is 38.9. The van der Waals surface area contributed by atoms with Gasteiger partial charge >= 0.3 is 23.9 Å². The molecule has 0 saturated carbocycles. The SMILES string of the molecule is CC1(c2ccnn2Cc2ccc(CC3NC(=O)COC(=O)CNC(=O)COC(=O)CNC(=O)COC(=O)CNC(=O)COC3=O)cc2)CCOCC1. The summed E-state index contributed by atoms with van der Waals surface area (Å²) in [5.74, 6) is -7.54. The van der Waals surface area contributed by atoms with E-state index in [1.165, 1.54) is 0 Å². The van der Waals surface area contributed by atoms with Crippen LogP contribution in [-0.2, 0) is 80.4 Å². The van der Waals surface area contributed by atoms with Crippen molar-refractivity contribution in [3.05, 3.63) is 53.3 Å². The first-order valence-corrected chi connectivity index (χ1v) is 16.3. The van der Waals surface area contributed by atoms with Gasteiger partial charge in [-0.15, -0.1) is 0 Å². The van der Waals surface area contributed by atoms with Crippen molar-refractivity contribution < 1.29 is 62.0 Å². The van der Waals surface area contributed by atoms with Gasteiger partial charge in [0.25, 0.3) is 23.6 Å². The molecule has 19 heteroatoms. The summed E-state index contributed by atoms with van der Waals surface area (Å²) >= 11 is 0. The second kappa shape index (κ2) is 18.9. The lowest BCUT2D eigenvalue weighted by Crippen LogP contribution is -2.46. The van der Waals surface area contributed by atoms with Gasteiger partial charge in [0.15, 0.2) is 26.4 Å². The highest BCUT2D eigenvalue weighted by Gasteiger charge is 2.32. The second-order valence-electron chi connectivity index (χ2n) is 12.1. The lowest BCUT2D eigenvalue weighted by atomic mass is 9.79. The summed E-state index contributed by atoms with van der Waals surface area (Å²) in [6.07, 6.45) is 3.45. The molecule has 52 heavy (non-hydrogen) atoms. The zero-order valence-corrected chi connectivity index (χ0v) is 28.4. The monoisotopic (exact) mass is 728 g/mol. The number of carbonyl (C=O) groups excluding carboxylic acids is 8. The van der Waals surface area contributed by atoms with Crippen LogP contribution in [0, 0.1) is 0 Å². The number of ether oxygens (including phenoxy) is 5. The largest absolute Gasteiger partial charge is 0.454 e. The lowest BCUT2D eigenvalue weighted by molar-refractivity contribution is -0.154.